The minimum Gasteiger partial charge on any atom is -0.459 e. The molecule has 0 saturated heterocycles. The quantitative estimate of drug-likeness (QED) is 0.787. The van der Waals surface area contributed by atoms with Crippen LogP contribution in [0.25, 0.3) is 0 Å². The summed E-state index contributed by atoms with van der Waals surface area (Å²) in [6.07, 6.45) is 3.99. The standard InChI is InChI=1S/C12H20N2O2/c1-12(2,3)16-11(15)8-13-7-10-5-6-14(4)9-10/h5-6,9,13H,7-8H2,1-4H3. The van der Waals surface area contributed by atoms with Crippen LogP contribution < -0.4 is 5.32 Å². The van der Waals surface area contributed by atoms with Crippen LogP contribution in [-0.2, 0) is 23.1 Å². The first-order valence-electron chi connectivity index (χ1n) is 5.40. The monoisotopic (exact) mass is 224 g/mol. The van der Waals surface area contributed by atoms with Gasteiger partial charge in [-0.05, 0) is 32.4 Å². The third-order valence-corrected chi connectivity index (χ3v) is 1.91. The molecule has 0 aliphatic carbocycles. The van der Waals surface area contributed by atoms with Crippen molar-refractivity contribution in [2.75, 3.05) is 6.54 Å². The Morgan fingerprint density at radius 1 is 1.50 bits per heavy atom. The number of hydrogen-bond donors (Lipinski definition) is 1. The normalized spacial score (nSPS) is 11.5. The number of ether oxygens (including phenoxy) is 1. The van der Waals surface area contributed by atoms with Gasteiger partial charge in [0.15, 0.2) is 0 Å². The van der Waals surface area contributed by atoms with E-state index in [0.717, 1.165) is 5.56 Å². The van der Waals surface area contributed by atoms with Crippen LogP contribution in [0.5, 0.6) is 0 Å². The Hall–Kier alpha value is -1.29. The summed E-state index contributed by atoms with van der Waals surface area (Å²) in [4.78, 5) is 11.4. The highest BCUT2D eigenvalue weighted by Crippen LogP contribution is 2.06. The molecule has 4 nitrogen and oxygen atoms in total. The van der Waals surface area contributed by atoms with Crippen molar-refractivity contribution in [2.24, 2.45) is 7.05 Å². The third-order valence-electron chi connectivity index (χ3n) is 1.91. The second-order valence-corrected chi connectivity index (χ2v) is 4.88. The summed E-state index contributed by atoms with van der Waals surface area (Å²) in [6.45, 7) is 6.51. The van der Waals surface area contributed by atoms with Crippen LogP contribution in [0, 0.1) is 0 Å². The maximum atomic E-state index is 11.4. The first-order chi connectivity index (χ1) is 7.37. The number of carbonyl (C=O) groups is 1. The lowest BCUT2D eigenvalue weighted by Crippen LogP contribution is -2.31. The predicted molar refractivity (Wildman–Crippen MR) is 63.0 cm³/mol. The van der Waals surface area contributed by atoms with E-state index in [1.807, 2.05) is 50.8 Å². The number of hydrogen-bond acceptors (Lipinski definition) is 3. The molecule has 0 amide bonds. The predicted octanol–water partition coefficient (Wildman–Crippen LogP) is 1.46. The highest BCUT2D eigenvalue weighted by atomic mass is 16.6. The summed E-state index contributed by atoms with van der Waals surface area (Å²) in [5.74, 6) is -0.219. The van der Waals surface area contributed by atoms with Crippen molar-refractivity contribution in [3.63, 3.8) is 0 Å². The van der Waals surface area contributed by atoms with Gasteiger partial charge in [-0.3, -0.25) is 4.79 Å². The van der Waals surface area contributed by atoms with Gasteiger partial charge in [0.05, 0.1) is 6.54 Å². The smallest absolute Gasteiger partial charge is 0.320 e. The van der Waals surface area contributed by atoms with Crippen LogP contribution in [0.2, 0.25) is 0 Å². The summed E-state index contributed by atoms with van der Waals surface area (Å²) < 4.78 is 7.15. The van der Waals surface area contributed by atoms with E-state index in [9.17, 15) is 4.79 Å². The number of rotatable bonds is 4. The number of carbonyl (C=O) groups excluding carboxylic acids is 1. The van der Waals surface area contributed by atoms with Crippen molar-refractivity contribution < 1.29 is 9.53 Å². The largest absolute Gasteiger partial charge is 0.459 e. The number of esters is 1. The zero-order valence-electron chi connectivity index (χ0n) is 10.4. The molecule has 16 heavy (non-hydrogen) atoms. The Balaban J connectivity index is 2.23. The van der Waals surface area contributed by atoms with Gasteiger partial charge in [-0.15, -0.1) is 0 Å². The van der Waals surface area contributed by atoms with Gasteiger partial charge in [-0.1, -0.05) is 0 Å². The second kappa shape index (κ2) is 5.16. The van der Waals surface area contributed by atoms with Gasteiger partial charge < -0.3 is 14.6 Å². The van der Waals surface area contributed by atoms with E-state index >= 15 is 0 Å². The van der Waals surface area contributed by atoms with Gasteiger partial charge in [0.1, 0.15) is 5.60 Å². The highest BCUT2D eigenvalue weighted by Gasteiger charge is 2.15. The molecule has 1 N–H and O–H groups in total. The fourth-order valence-electron chi connectivity index (χ4n) is 1.35. The van der Waals surface area contributed by atoms with E-state index < -0.39 is 5.60 Å². The summed E-state index contributed by atoms with van der Waals surface area (Å²) in [5.41, 5.74) is 0.747. The molecule has 1 rings (SSSR count). The molecule has 0 atom stereocenters. The molecule has 1 heterocycles. The lowest BCUT2D eigenvalue weighted by Gasteiger charge is -2.19. The molecule has 0 unspecified atom stereocenters. The van der Waals surface area contributed by atoms with E-state index in [1.54, 1.807) is 0 Å². The van der Waals surface area contributed by atoms with Crippen LogP contribution in [0.4, 0.5) is 0 Å². The van der Waals surface area contributed by atoms with Crippen molar-refractivity contribution in [2.45, 2.75) is 32.9 Å². The van der Waals surface area contributed by atoms with Gasteiger partial charge in [0.25, 0.3) is 0 Å². The van der Waals surface area contributed by atoms with Gasteiger partial charge in [-0.25, -0.2) is 0 Å². The minimum atomic E-state index is -0.411. The molecule has 0 aromatic carbocycles. The number of aromatic nitrogens is 1. The Kier molecular flexibility index (Phi) is 4.12. The summed E-state index contributed by atoms with van der Waals surface area (Å²) >= 11 is 0. The van der Waals surface area contributed by atoms with Crippen molar-refractivity contribution in [1.82, 2.24) is 9.88 Å². The Bertz CT molecular complexity index is 350. The number of aryl methyl sites for hydroxylation is 1. The molecule has 0 aliphatic rings. The Morgan fingerprint density at radius 3 is 2.69 bits per heavy atom. The summed E-state index contributed by atoms with van der Waals surface area (Å²) in [5, 5.41) is 3.05. The van der Waals surface area contributed by atoms with Gasteiger partial charge in [0, 0.05) is 26.0 Å². The number of nitrogens with zero attached hydrogens (tertiary/aromatic N) is 1. The zero-order valence-corrected chi connectivity index (χ0v) is 10.4. The molecule has 0 saturated carbocycles. The molecule has 1 aromatic rings. The van der Waals surface area contributed by atoms with Crippen LogP contribution in [0.3, 0.4) is 0 Å². The second-order valence-electron chi connectivity index (χ2n) is 4.88. The van der Waals surface area contributed by atoms with E-state index in [4.69, 9.17) is 4.74 Å². The summed E-state index contributed by atoms with van der Waals surface area (Å²) in [6, 6.07) is 2.02. The molecular formula is C12H20N2O2. The molecule has 4 heteroatoms. The Labute approximate surface area is 96.6 Å². The molecule has 0 aliphatic heterocycles. The van der Waals surface area contributed by atoms with E-state index in [2.05, 4.69) is 5.32 Å². The molecule has 0 radical (unpaired) electrons. The van der Waals surface area contributed by atoms with E-state index in [0.29, 0.717) is 6.54 Å². The lowest BCUT2D eigenvalue weighted by atomic mass is 10.2. The summed E-state index contributed by atoms with van der Waals surface area (Å²) in [7, 11) is 1.97. The van der Waals surface area contributed by atoms with Gasteiger partial charge >= 0.3 is 5.97 Å². The maximum Gasteiger partial charge on any atom is 0.320 e. The van der Waals surface area contributed by atoms with Crippen molar-refractivity contribution in [3.05, 3.63) is 24.0 Å². The van der Waals surface area contributed by atoms with Crippen molar-refractivity contribution in [3.8, 4) is 0 Å². The first kappa shape index (κ1) is 12.8. The van der Waals surface area contributed by atoms with Crippen LogP contribution >= 0.6 is 0 Å². The number of nitrogens with one attached hydrogen (secondary N) is 1. The van der Waals surface area contributed by atoms with Crippen LogP contribution in [0.1, 0.15) is 26.3 Å². The molecule has 0 bridgehead atoms. The first-order valence-corrected chi connectivity index (χ1v) is 5.40. The van der Waals surface area contributed by atoms with Crippen molar-refractivity contribution in [1.29, 1.82) is 0 Å². The van der Waals surface area contributed by atoms with Crippen molar-refractivity contribution >= 4 is 5.97 Å². The third kappa shape index (κ3) is 4.98. The van der Waals surface area contributed by atoms with E-state index in [1.165, 1.54) is 0 Å². The molecule has 1 aromatic heterocycles. The fraction of sp³-hybridized carbons (Fsp3) is 0.583. The minimum absolute atomic E-state index is 0.219. The lowest BCUT2D eigenvalue weighted by molar-refractivity contribution is -0.153. The molecule has 0 fully saturated rings. The average Bonchev–Trinajstić information content (AvgIpc) is 2.48. The molecular weight excluding hydrogens is 204 g/mol. The van der Waals surface area contributed by atoms with E-state index in [-0.39, 0.29) is 12.5 Å². The topological polar surface area (TPSA) is 43.3 Å². The maximum absolute atomic E-state index is 11.4. The van der Waals surface area contributed by atoms with Crippen LogP contribution in [0.15, 0.2) is 18.5 Å². The van der Waals surface area contributed by atoms with Gasteiger partial charge in [0.2, 0.25) is 0 Å². The zero-order chi connectivity index (χ0) is 12.2. The van der Waals surface area contributed by atoms with Gasteiger partial charge in [-0.2, -0.15) is 0 Å². The molecule has 90 valence electrons. The average molecular weight is 224 g/mol. The fourth-order valence-corrected chi connectivity index (χ4v) is 1.35. The van der Waals surface area contributed by atoms with Crippen LogP contribution in [-0.4, -0.2) is 22.7 Å². The SMILES string of the molecule is Cn1ccc(CNCC(=O)OC(C)(C)C)c1. The molecule has 0 spiro atoms. The Morgan fingerprint density at radius 2 is 2.19 bits per heavy atom. The highest BCUT2D eigenvalue weighted by molar-refractivity contribution is 5.72.